The van der Waals surface area contributed by atoms with Crippen LogP contribution in [-0.4, -0.2) is 57.5 Å². The van der Waals surface area contributed by atoms with Gasteiger partial charge in [-0.25, -0.2) is 21.8 Å². The molecule has 4 rings (SSSR count). The Morgan fingerprint density at radius 2 is 1.75 bits per heavy atom. The molecular weight excluding hydrogens is 634 g/mol. The molecule has 1 saturated carbocycles. The number of hydrogen-bond donors (Lipinski definition) is 2. The second-order valence-corrected chi connectivity index (χ2v) is 15.9. The number of halogens is 5. The zero-order valence-electron chi connectivity index (χ0n) is 21.4. The van der Waals surface area contributed by atoms with Gasteiger partial charge < -0.3 is 5.32 Å². The summed E-state index contributed by atoms with van der Waals surface area (Å²) < 4.78 is 89.3. The molecule has 1 aromatic carbocycles. The van der Waals surface area contributed by atoms with Crippen molar-refractivity contribution in [2.24, 2.45) is 5.92 Å². The summed E-state index contributed by atoms with van der Waals surface area (Å²) in [5.74, 6) is -0.135. The first-order valence-electron chi connectivity index (χ1n) is 12.7. The Labute approximate surface area is 245 Å². The van der Waals surface area contributed by atoms with Gasteiger partial charge in [-0.3, -0.25) is 4.79 Å². The van der Waals surface area contributed by atoms with Crippen molar-refractivity contribution in [2.45, 2.75) is 75.0 Å². The molecule has 1 aliphatic carbocycles. The molecule has 1 amide bonds. The largest absolute Gasteiger partial charge is 0.404 e. The molecule has 0 bridgehead atoms. The fourth-order valence-corrected chi connectivity index (χ4v) is 9.52. The topological polar surface area (TPSA) is 122 Å². The summed E-state index contributed by atoms with van der Waals surface area (Å²) in [5, 5.41) is 2.35. The first kappa shape index (κ1) is 31.5. The standard InChI is InChI=1S/C24H28Cl2F3N3O5S3/c1-13(24(27,28)29)32-40(36,37)18-7-6-16(19(25)20(18)26)21-17(12-14-4-2-3-5-14)31-23(38-21)22(33)30-15-8-10-39(34,35)11-9-15/h6-7,13-15,32H,2-5,8-12H2,1H3,(H,30,33). The SMILES string of the molecule is CC(NS(=O)(=O)c1ccc(-c2sc(C(=O)NC3CCS(=O)(=O)CC3)nc2CC2CCCC2)c(Cl)c1Cl)C(F)(F)F. The summed E-state index contributed by atoms with van der Waals surface area (Å²) in [6.07, 6.45) is 0.491. The maximum absolute atomic E-state index is 13.1. The molecule has 2 N–H and O–H groups in total. The molecule has 1 atom stereocenters. The third-order valence-electron chi connectivity index (χ3n) is 7.14. The number of alkyl halides is 3. The molecule has 1 saturated heterocycles. The quantitative estimate of drug-likeness (QED) is 0.391. The highest BCUT2D eigenvalue weighted by Gasteiger charge is 2.39. The Bertz CT molecular complexity index is 1480. The molecule has 222 valence electrons. The molecule has 2 aliphatic rings. The van der Waals surface area contributed by atoms with Gasteiger partial charge in [0.2, 0.25) is 10.0 Å². The van der Waals surface area contributed by atoms with Gasteiger partial charge in [-0.15, -0.1) is 11.3 Å². The first-order valence-corrected chi connectivity index (χ1v) is 17.5. The molecule has 2 heterocycles. The van der Waals surface area contributed by atoms with Crippen molar-refractivity contribution in [1.82, 2.24) is 15.0 Å². The number of rotatable bonds is 8. The van der Waals surface area contributed by atoms with Gasteiger partial charge in [0.25, 0.3) is 5.91 Å². The lowest BCUT2D eigenvalue weighted by Crippen LogP contribution is -2.43. The number of nitrogens with zero attached hydrogens (tertiary/aromatic N) is 1. The van der Waals surface area contributed by atoms with Gasteiger partial charge in [0.05, 0.1) is 32.1 Å². The Kier molecular flexibility index (Phi) is 9.48. The monoisotopic (exact) mass is 661 g/mol. The number of hydrogen-bond acceptors (Lipinski definition) is 7. The van der Waals surface area contributed by atoms with Gasteiger partial charge >= 0.3 is 6.18 Å². The Morgan fingerprint density at radius 1 is 1.12 bits per heavy atom. The van der Waals surface area contributed by atoms with E-state index >= 15 is 0 Å². The van der Waals surface area contributed by atoms with E-state index in [1.807, 2.05) is 0 Å². The van der Waals surface area contributed by atoms with E-state index in [1.165, 1.54) is 6.07 Å². The van der Waals surface area contributed by atoms with Crippen molar-refractivity contribution < 1.29 is 34.8 Å². The molecule has 1 aliphatic heterocycles. The molecule has 2 fully saturated rings. The summed E-state index contributed by atoms with van der Waals surface area (Å²) in [5.41, 5.74) is 0.897. The van der Waals surface area contributed by atoms with E-state index in [4.69, 9.17) is 23.2 Å². The van der Waals surface area contributed by atoms with Gasteiger partial charge in [-0.2, -0.15) is 17.9 Å². The van der Waals surface area contributed by atoms with Crippen molar-refractivity contribution in [3.8, 4) is 10.4 Å². The fraction of sp³-hybridized carbons (Fsp3) is 0.583. The van der Waals surface area contributed by atoms with Crippen LogP contribution in [0.25, 0.3) is 10.4 Å². The van der Waals surface area contributed by atoms with Crippen LogP contribution in [0.2, 0.25) is 10.0 Å². The van der Waals surface area contributed by atoms with Crippen LogP contribution in [-0.2, 0) is 26.3 Å². The first-order chi connectivity index (χ1) is 18.6. The molecule has 0 spiro atoms. The van der Waals surface area contributed by atoms with Crippen LogP contribution in [0.5, 0.6) is 0 Å². The number of nitrogens with one attached hydrogen (secondary N) is 2. The molecule has 1 aromatic heterocycles. The van der Waals surface area contributed by atoms with Gasteiger partial charge in [-0.1, -0.05) is 55.0 Å². The number of benzene rings is 1. The second kappa shape index (κ2) is 12.0. The van der Waals surface area contributed by atoms with Crippen molar-refractivity contribution in [1.29, 1.82) is 0 Å². The van der Waals surface area contributed by atoms with Crippen molar-refractivity contribution in [3.05, 3.63) is 32.9 Å². The predicted molar refractivity (Wildman–Crippen MR) is 148 cm³/mol. The highest BCUT2D eigenvalue weighted by atomic mass is 35.5. The van der Waals surface area contributed by atoms with E-state index in [1.54, 1.807) is 4.72 Å². The molecule has 0 radical (unpaired) electrons. The van der Waals surface area contributed by atoms with Crippen molar-refractivity contribution in [2.75, 3.05) is 11.5 Å². The lowest BCUT2D eigenvalue weighted by Gasteiger charge is -2.22. The van der Waals surface area contributed by atoms with Crippen LogP contribution >= 0.6 is 34.5 Å². The zero-order valence-corrected chi connectivity index (χ0v) is 25.3. The van der Waals surface area contributed by atoms with Gasteiger partial charge in [0, 0.05) is 11.6 Å². The number of sulfone groups is 1. The number of sulfonamides is 1. The summed E-state index contributed by atoms with van der Waals surface area (Å²) in [6.45, 7) is 0.673. The Balaban J connectivity index is 1.65. The van der Waals surface area contributed by atoms with Gasteiger partial charge in [0.1, 0.15) is 20.8 Å². The Morgan fingerprint density at radius 3 is 2.35 bits per heavy atom. The predicted octanol–water partition coefficient (Wildman–Crippen LogP) is 5.39. The van der Waals surface area contributed by atoms with Crippen molar-refractivity contribution >= 4 is 60.3 Å². The van der Waals surface area contributed by atoms with Crippen LogP contribution in [0.15, 0.2) is 17.0 Å². The van der Waals surface area contributed by atoms with Crippen LogP contribution in [0.3, 0.4) is 0 Å². The summed E-state index contributed by atoms with van der Waals surface area (Å²) >= 11 is 13.8. The van der Waals surface area contributed by atoms with Crippen LogP contribution in [0, 0.1) is 5.92 Å². The third-order valence-corrected chi connectivity index (χ3v) is 12.6. The van der Waals surface area contributed by atoms with Gasteiger partial charge in [0.15, 0.2) is 5.01 Å². The number of thiazole rings is 1. The van der Waals surface area contributed by atoms with Crippen molar-refractivity contribution in [3.63, 3.8) is 0 Å². The van der Waals surface area contributed by atoms with Crippen LogP contribution < -0.4 is 10.0 Å². The van der Waals surface area contributed by atoms with E-state index in [9.17, 15) is 34.8 Å². The summed E-state index contributed by atoms with van der Waals surface area (Å²) in [6, 6.07) is -0.232. The minimum atomic E-state index is -4.80. The molecule has 8 nitrogen and oxygen atoms in total. The number of carbonyl (C=O) groups excluding carboxylic acids is 1. The molecule has 2 aromatic rings. The average Bonchev–Trinajstić information content (AvgIpc) is 3.52. The lowest BCUT2D eigenvalue weighted by molar-refractivity contribution is -0.147. The minimum absolute atomic E-state index is 0.00599. The smallest absolute Gasteiger partial charge is 0.347 e. The number of aromatic nitrogens is 1. The zero-order chi connectivity index (χ0) is 29.5. The Hall–Kier alpha value is -1.45. The third kappa shape index (κ3) is 7.30. The molecule has 16 heteroatoms. The summed E-state index contributed by atoms with van der Waals surface area (Å²) in [7, 11) is -7.76. The minimum Gasteiger partial charge on any atom is -0.347 e. The molecule has 40 heavy (non-hydrogen) atoms. The fourth-order valence-electron chi connectivity index (χ4n) is 4.84. The van der Waals surface area contributed by atoms with E-state index in [-0.39, 0.29) is 27.6 Å². The maximum Gasteiger partial charge on any atom is 0.404 e. The second-order valence-electron chi connectivity index (χ2n) is 10.2. The van der Waals surface area contributed by atoms with Crippen LogP contribution in [0.4, 0.5) is 13.2 Å². The lowest BCUT2D eigenvalue weighted by atomic mass is 9.99. The van der Waals surface area contributed by atoms with E-state index in [0.717, 1.165) is 43.1 Å². The number of carbonyl (C=O) groups is 1. The van der Waals surface area contributed by atoms with Crippen LogP contribution in [0.1, 0.15) is 60.9 Å². The van der Waals surface area contributed by atoms with E-state index < -0.39 is 47.9 Å². The maximum atomic E-state index is 13.1. The normalized spacial score (nSPS) is 19.6. The van der Waals surface area contributed by atoms with E-state index in [2.05, 4.69) is 10.3 Å². The highest BCUT2D eigenvalue weighted by Crippen LogP contribution is 2.43. The summed E-state index contributed by atoms with van der Waals surface area (Å²) in [4.78, 5) is 17.6. The average molecular weight is 663 g/mol. The molecule has 1 unspecified atom stereocenters. The highest BCUT2D eigenvalue weighted by molar-refractivity contribution is 7.91. The number of amides is 1. The van der Waals surface area contributed by atoms with E-state index in [0.29, 0.717) is 48.2 Å². The molecular formula is C24H28Cl2F3N3O5S3. The van der Waals surface area contributed by atoms with Gasteiger partial charge in [-0.05, 0) is 38.2 Å².